The lowest BCUT2D eigenvalue weighted by Crippen LogP contribution is -2.55. The predicted octanol–water partition coefficient (Wildman–Crippen LogP) is 3.15. The summed E-state index contributed by atoms with van der Waals surface area (Å²) in [4.78, 5) is 40.3. The first-order chi connectivity index (χ1) is 14.9. The van der Waals surface area contributed by atoms with E-state index >= 15 is 0 Å². The summed E-state index contributed by atoms with van der Waals surface area (Å²) in [7, 11) is 0. The van der Waals surface area contributed by atoms with E-state index in [1.165, 1.54) is 6.26 Å². The van der Waals surface area contributed by atoms with Gasteiger partial charge in [0.25, 0.3) is 11.8 Å². The molecule has 0 bridgehead atoms. The van der Waals surface area contributed by atoms with Gasteiger partial charge in [0.05, 0.1) is 6.26 Å². The number of nitrogens with zero attached hydrogens (tertiary/aromatic N) is 1. The molecule has 0 aliphatic carbocycles. The first-order valence-electron chi connectivity index (χ1n) is 10.9. The summed E-state index contributed by atoms with van der Waals surface area (Å²) in [6.07, 6.45) is 3.54. The highest BCUT2D eigenvalue weighted by molar-refractivity contribution is 5.98. The van der Waals surface area contributed by atoms with E-state index in [4.69, 9.17) is 4.42 Å². The van der Waals surface area contributed by atoms with Crippen LogP contribution in [-0.2, 0) is 4.79 Å². The van der Waals surface area contributed by atoms with Crippen molar-refractivity contribution >= 4 is 17.7 Å². The van der Waals surface area contributed by atoms with Gasteiger partial charge < -0.3 is 20.0 Å². The van der Waals surface area contributed by atoms with Gasteiger partial charge in [0, 0.05) is 24.7 Å². The summed E-state index contributed by atoms with van der Waals surface area (Å²) in [6, 6.07) is 10.0. The molecular formula is C24H31N3O4. The van der Waals surface area contributed by atoms with Gasteiger partial charge in [0.15, 0.2) is 5.76 Å². The molecule has 0 saturated carbocycles. The van der Waals surface area contributed by atoms with E-state index in [0.717, 1.165) is 12.0 Å². The lowest BCUT2D eigenvalue weighted by atomic mass is 9.88. The van der Waals surface area contributed by atoms with Crippen molar-refractivity contribution in [3.63, 3.8) is 0 Å². The van der Waals surface area contributed by atoms with Crippen LogP contribution in [0.1, 0.15) is 59.6 Å². The smallest absolute Gasteiger partial charge is 0.289 e. The van der Waals surface area contributed by atoms with Crippen LogP contribution in [0.15, 0.2) is 47.1 Å². The molecule has 1 aliphatic rings. The summed E-state index contributed by atoms with van der Waals surface area (Å²) in [6.45, 7) is 6.85. The maximum Gasteiger partial charge on any atom is 0.289 e. The average Bonchev–Trinajstić information content (AvgIpc) is 3.32. The molecule has 31 heavy (non-hydrogen) atoms. The molecule has 1 fully saturated rings. The molecule has 0 radical (unpaired) electrons. The maximum atomic E-state index is 13.0. The van der Waals surface area contributed by atoms with Gasteiger partial charge >= 0.3 is 0 Å². The zero-order valence-electron chi connectivity index (χ0n) is 18.4. The molecule has 7 nitrogen and oxygen atoms in total. The van der Waals surface area contributed by atoms with Crippen molar-refractivity contribution in [2.75, 3.05) is 13.1 Å². The van der Waals surface area contributed by atoms with Crippen molar-refractivity contribution in [2.24, 2.45) is 5.92 Å². The minimum absolute atomic E-state index is 0.0194. The van der Waals surface area contributed by atoms with Gasteiger partial charge in [-0.25, -0.2) is 0 Å². The van der Waals surface area contributed by atoms with Gasteiger partial charge in [0.1, 0.15) is 6.04 Å². The number of hydrogen-bond donors (Lipinski definition) is 2. The standard InChI is InChI=1S/C24H31N3O4/c1-4-17(3)25-23(29)21(26-22(28)19-9-6-5-8-16(19)2)18-11-13-27(14-12-18)24(30)20-10-7-15-31-20/h5-10,15,17-18,21H,4,11-14H2,1-3H3,(H,25,29)(H,26,28)/t17-,21+/m0/s1. The normalized spacial score (nSPS) is 16.4. The predicted molar refractivity (Wildman–Crippen MR) is 118 cm³/mol. The van der Waals surface area contributed by atoms with E-state index in [9.17, 15) is 14.4 Å². The van der Waals surface area contributed by atoms with E-state index in [1.54, 1.807) is 23.1 Å². The Labute approximate surface area is 183 Å². The van der Waals surface area contributed by atoms with E-state index in [2.05, 4.69) is 10.6 Å². The van der Waals surface area contributed by atoms with Crippen molar-refractivity contribution in [2.45, 2.75) is 52.1 Å². The molecule has 3 rings (SSSR count). The van der Waals surface area contributed by atoms with E-state index < -0.39 is 6.04 Å². The molecule has 2 heterocycles. The monoisotopic (exact) mass is 425 g/mol. The van der Waals surface area contributed by atoms with Crippen molar-refractivity contribution < 1.29 is 18.8 Å². The Morgan fingerprint density at radius 3 is 2.42 bits per heavy atom. The quantitative estimate of drug-likeness (QED) is 0.713. The lowest BCUT2D eigenvalue weighted by Gasteiger charge is -2.36. The minimum Gasteiger partial charge on any atom is -0.459 e. The number of carbonyl (C=O) groups is 3. The second-order valence-corrected chi connectivity index (χ2v) is 8.19. The third-order valence-electron chi connectivity index (χ3n) is 5.99. The highest BCUT2D eigenvalue weighted by Gasteiger charge is 2.35. The molecule has 3 amide bonds. The third-order valence-corrected chi connectivity index (χ3v) is 5.99. The number of rotatable bonds is 7. The molecule has 0 spiro atoms. The summed E-state index contributed by atoms with van der Waals surface area (Å²) in [5, 5.41) is 5.98. The van der Waals surface area contributed by atoms with Gasteiger partial charge in [-0.1, -0.05) is 25.1 Å². The Balaban J connectivity index is 1.71. The molecule has 7 heteroatoms. The fourth-order valence-electron chi connectivity index (χ4n) is 3.87. The number of benzene rings is 1. The van der Waals surface area contributed by atoms with E-state index in [0.29, 0.717) is 37.3 Å². The number of piperidine rings is 1. The second kappa shape index (κ2) is 10.3. The van der Waals surface area contributed by atoms with Gasteiger partial charge in [-0.05, 0) is 62.8 Å². The number of hydrogen-bond acceptors (Lipinski definition) is 4. The lowest BCUT2D eigenvalue weighted by molar-refractivity contribution is -0.125. The zero-order chi connectivity index (χ0) is 22.4. The molecule has 0 unspecified atom stereocenters. The summed E-state index contributed by atoms with van der Waals surface area (Å²) in [5.41, 5.74) is 1.43. The largest absolute Gasteiger partial charge is 0.459 e. The van der Waals surface area contributed by atoms with Crippen molar-refractivity contribution in [1.82, 2.24) is 15.5 Å². The average molecular weight is 426 g/mol. The zero-order valence-corrected chi connectivity index (χ0v) is 18.4. The molecule has 1 aliphatic heterocycles. The molecule has 1 saturated heterocycles. The Kier molecular flexibility index (Phi) is 7.50. The van der Waals surface area contributed by atoms with Crippen LogP contribution in [0.4, 0.5) is 0 Å². The van der Waals surface area contributed by atoms with Crippen molar-refractivity contribution in [3.8, 4) is 0 Å². The van der Waals surface area contributed by atoms with Crippen molar-refractivity contribution in [1.29, 1.82) is 0 Å². The number of furan rings is 1. The van der Waals surface area contributed by atoms with E-state index in [-0.39, 0.29) is 29.7 Å². The minimum atomic E-state index is -0.651. The van der Waals surface area contributed by atoms with Crippen LogP contribution in [0.3, 0.4) is 0 Å². The molecule has 1 aromatic heterocycles. The highest BCUT2D eigenvalue weighted by Crippen LogP contribution is 2.23. The fraction of sp³-hybridized carbons (Fsp3) is 0.458. The SMILES string of the molecule is CC[C@H](C)NC(=O)[C@H](NC(=O)c1ccccc1C)C1CCN(C(=O)c2ccco2)CC1. The first-order valence-corrected chi connectivity index (χ1v) is 10.9. The van der Waals surface area contributed by atoms with Crippen LogP contribution < -0.4 is 10.6 Å². The van der Waals surface area contributed by atoms with Crippen LogP contribution >= 0.6 is 0 Å². The van der Waals surface area contributed by atoms with Crippen LogP contribution in [0.25, 0.3) is 0 Å². The third kappa shape index (κ3) is 5.54. The number of likely N-dealkylation sites (tertiary alicyclic amines) is 1. The molecule has 1 aromatic carbocycles. The van der Waals surface area contributed by atoms with Gasteiger partial charge in [-0.3, -0.25) is 14.4 Å². The van der Waals surface area contributed by atoms with Crippen LogP contribution in [0.5, 0.6) is 0 Å². The fourth-order valence-corrected chi connectivity index (χ4v) is 3.87. The Morgan fingerprint density at radius 2 is 1.81 bits per heavy atom. The van der Waals surface area contributed by atoms with Crippen molar-refractivity contribution in [3.05, 3.63) is 59.5 Å². The number of nitrogens with one attached hydrogen (secondary N) is 2. The summed E-state index contributed by atoms with van der Waals surface area (Å²) < 4.78 is 5.22. The summed E-state index contributed by atoms with van der Waals surface area (Å²) in [5.74, 6) is -0.313. The van der Waals surface area contributed by atoms with Crippen LogP contribution in [0.2, 0.25) is 0 Å². The maximum absolute atomic E-state index is 13.0. The van der Waals surface area contributed by atoms with Crippen LogP contribution in [0, 0.1) is 12.8 Å². The van der Waals surface area contributed by atoms with Gasteiger partial charge in [-0.15, -0.1) is 0 Å². The highest BCUT2D eigenvalue weighted by atomic mass is 16.3. The Morgan fingerprint density at radius 1 is 1.10 bits per heavy atom. The van der Waals surface area contributed by atoms with Crippen LogP contribution in [-0.4, -0.2) is 47.8 Å². The molecule has 2 aromatic rings. The number of aryl methyl sites for hydroxylation is 1. The summed E-state index contributed by atoms with van der Waals surface area (Å²) >= 11 is 0. The number of carbonyl (C=O) groups excluding carboxylic acids is 3. The molecule has 2 N–H and O–H groups in total. The molecule has 166 valence electrons. The Hall–Kier alpha value is -3.09. The molecular weight excluding hydrogens is 394 g/mol. The topological polar surface area (TPSA) is 91.7 Å². The second-order valence-electron chi connectivity index (χ2n) is 8.19. The first kappa shape index (κ1) is 22.6. The number of amides is 3. The van der Waals surface area contributed by atoms with Gasteiger partial charge in [0.2, 0.25) is 5.91 Å². The Bertz CT molecular complexity index is 901. The van der Waals surface area contributed by atoms with Gasteiger partial charge in [-0.2, -0.15) is 0 Å². The molecule has 2 atom stereocenters. The van der Waals surface area contributed by atoms with E-state index in [1.807, 2.05) is 39.0 Å².